The van der Waals surface area contributed by atoms with Crippen LogP contribution in [0.4, 0.5) is 5.82 Å². The van der Waals surface area contributed by atoms with E-state index in [0.29, 0.717) is 24.7 Å². The number of aryl methyl sites for hydroxylation is 1. The van der Waals surface area contributed by atoms with Gasteiger partial charge in [0.25, 0.3) is 0 Å². The van der Waals surface area contributed by atoms with Crippen LogP contribution in [0.25, 0.3) is 0 Å². The van der Waals surface area contributed by atoms with Crippen LogP contribution in [-0.2, 0) is 9.53 Å². The largest absolute Gasteiger partial charge is 0.370 e. The standard InChI is InChI=1S/C18H23N3O3/c1-12-11-23-18(15-7-5-4-6-8-15)14(3)21(12)10-17(22)19-16-9-13(2)24-20-16/h4-9,12,14,18H,10-11H2,1-3H3,(H,19,20,22)/t12-,14+,18+/m1/s1. The fraction of sp³-hybridized carbons (Fsp3) is 0.444. The van der Waals surface area contributed by atoms with Crippen molar-refractivity contribution in [3.63, 3.8) is 0 Å². The van der Waals surface area contributed by atoms with Gasteiger partial charge in [-0.15, -0.1) is 0 Å². The molecular formula is C18H23N3O3. The number of benzene rings is 1. The van der Waals surface area contributed by atoms with E-state index in [4.69, 9.17) is 9.26 Å². The maximum atomic E-state index is 12.3. The van der Waals surface area contributed by atoms with Gasteiger partial charge in [0, 0.05) is 18.2 Å². The lowest BCUT2D eigenvalue weighted by molar-refractivity contribution is -0.127. The number of carbonyl (C=O) groups excluding carboxylic acids is 1. The molecule has 1 amide bonds. The van der Waals surface area contributed by atoms with E-state index in [1.807, 2.05) is 18.2 Å². The summed E-state index contributed by atoms with van der Waals surface area (Å²) in [5.41, 5.74) is 1.13. The highest BCUT2D eigenvalue weighted by molar-refractivity contribution is 5.91. The molecule has 1 N–H and O–H groups in total. The molecular weight excluding hydrogens is 306 g/mol. The van der Waals surface area contributed by atoms with Gasteiger partial charge >= 0.3 is 0 Å². The molecule has 2 aromatic rings. The van der Waals surface area contributed by atoms with Gasteiger partial charge in [-0.2, -0.15) is 0 Å². The lowest BCUT2D eigenvalue weighted by Gasteiger charge is -2.43. The van der Waals surface area contributed by atoms with Gasteiger partial charge in [0.1, 0.15) is 5.76 Å². The predicted molar refractivity (Wildman–Crippen MR) is 90.6 cm³/mol. The maximum absolute atomic E-state index is 12.3. The van der Waals surface area contributed by atoms with Gasteiger partial charge in [-0.05, 0) is 26.3 Å². The lowest BCUT2D eigenvalue weighted by Crippen LogP contribution is -2.53. The molecule has 2 heterocycles. The number of ether oxygens (including phenoxy) is 1. The number of anilines is 1. The fourth-order valence-corrected chi connectivity index (χ4v) is 3.14. The Morgan fingerprint density at radius 3 is 2.75 bits per heavy atom. The summed E-state index contributed by atoms with van der Waals surface area (Å²) in [6, 6.07) is 12.1. The summed E-state index contributed by atoms with van der Waals surface area (Å²) < 4.78 is 11.0. The van der Waals surface area contributed by atoms with Gasteiger partial charge in [0.15, 0.2) is 5.82 Å². The van der Waals surface area contributed by atoms with E-state index in [1.54, 1.807) is 13.0 Å². The van der Waals surface area contributed by atoms with Crippen LogP contribution in [0.1, 0.15) is 31.3 Å². The predicted octanol–water partition coefficient (Wildman–Crippen LogP) is 2.77. The van der Waals surface area contributed by atoms with Gasteiger partial charge in [-0.25, -0.2) is 0 Å². The first-order valence-corrected chi connectivity index (χ1v) is 8.20. The van der Waals surface area contributed by atoms with E-state index in [0.717, 1.165) is 5.56 Å². The summed E-state index contributed by atoms with van der Waals surface area (Å²) in [5.74, 6) is 1.02. The zero-order chi connectivity index (χ0) is 17.1. The van der Waals surface area contributed by atoms with Gasteiger partial charge in [-0.1, -0.05) is 35.5 Å². The van der Waals surface area contributed by atoms with Crippen molar-refractivity contribution in [2.24, 2.45) is 0 Å². The minimum atomic E-state index is -0.101. The van der Waals surface area contributed by atoms with Gasteiger partial charge < -0.3 is 14.6 Å². The zero-order valence-corrected chi connectivity index (χ0v) is 14.2. The van der Waals surface area contributed by atoms with E-state index in [2.05, 4.69) is 41.4 Å². The second kappa shape index (κ2) is 7.15. The molecule has 24 heavy (non-hydrogen) atoms. The number of carbonyl (C=O) groups is 1. The first-order chi connectivity index (χ1) is 11.5. The van der Waals surface area contributed by atoms with Crippen LogP contribution in [0, 0.1) is 6.92 Å². The van der Waals surface area contributed by atoms with E-state index in [-0.39, 0.29) is 24.1 Å². The van der Waals surface area contributed by atoms with E-state index in [1.165, 1.54) is 0 Å². The third-order valence-electron chi connectivity index (χ3n) is 4.39. The Morgan fingerprint density at radius 1 is 1.33 bits per heavy atom. The third-order valence-corrected chi connectivity index (χ3v) is 4.39. The van der Waals surface area contributed by atoms with Crippen LogP contribution in [-0.4, -0.2) is 41.2 Å². The lowest BCUT2D eigenvalue weighted by atomic mass is 9.98. The number of hydrogen-bond donors (Lipinski definition) is 1. The Kier molecular flexibility index (Phi) is 4.97. The van der Waals surface area contributed by atoms with Crippen LogP contribution in [0.5, 0.6) is 0 Å². The number of amides is 1. The molecule has 0 bridgehead atoms. The van der Waals surface area contributed by atoms with Crippen molar-refractivity contribution in [3.8, 4) is 0 Å². The highest BCUT2D eigenvalue weighted by Crippen LogP contribution is 2.30. The van der Waals surface area contributed by atoms with E-state index >= 15 is 0 Å². The molecule has 1 aliphatic rings. The monoisotopic (exact) mass is 329 g/mol. The molecule has 128 valence electrons. The van der Waals surface area contributed by atoms with Crippen molar-refractivity contribution >= 4 is 11.7 Å². The number of nitrogens with one attached hydrogen (secondary N) is 1. The first kappa shape index (κ1) is 16.7. The minimum Gasteiger partial charge on any atom is -0.370 e. The summed E-state index contributed by atoms with van der Waals surface area (Å²) in [6.07, 6.45) is -0.0375. The quantitative estimate of drug-likeness (QED) is 0.934. The zero-order valence-electron chi connectivity index (χ0n) is 14.2. The van der Waals surface area contributed by atoms with Crippen molar-refractivity contribution in [2.45, 2.75) is 39.0 Å². The fourth-order valence-electron chi connectivity index (χ4n) is 3.14. The van der Waals surface area contributed by atoms with Crippen molar-refractivity contribution in [2.75, 3.05) is 18.5 Å². The first-order valence-electron chi connectivity index (χ1n) is 8.20. The molecule has 0 saturated carbocycles. The maximum Gasteiger partial charge on any atom is 0.239 e. The van der Waals surface area contributed by atoms with Crippen molar-refractivity contribution in [1.29, 1.82) is 0 Å². The Hall–Kier alpha value is -2.18. The number of hydrogen-bond acceptors (Lipinski definition) is 5. The molecule has 1 aromatic heterocycles. The Bertz CT molecular complexity index is 686. The Labute approximate surface area is 141 Å². The normalized spacial score (nSPS) is 24.7. The van der Waals surface area contributed by atoms with Gasteiger partial charge in [0.2, 0.25) is 5.91 Å². The van der Waals surface area contributed by atoms with Crippen LogP contribution < -0.4 is 5.32 Å². The molecule has 1 fully saturated rings. The Balaban J connectivity index is 1.67. The van der Waals surface area contributed by atoms with E-state index < -0.39 is 0 Å². The summed E-state index contributed by atoms with van der Waals surface area (Å²) >= 11 is 0. The summed E-state index contributed by atoms with van der Waals surface area (Å²) in [4.78, 5) is 14.5. The topological polar surface area (TPSA) is 67.6 Å². The smallest absolute Gasteiger partial charge is 0.239 e. The van der Waals surface area contributed by atoms with Crippen molar-refractivity contribution in [3.05, 3.63) is 47.7 Å². The molecule has 6 nitrogen and oxygen atoms in total. The van der Waals surface area contributed by atoms with Crippen LogP contribution >= 0.6 is 0 Å². The van der Waals surface area contributed by atoms with Crippen molar-refractivity contribution in [1.82, 2.24) is 10.1 Å². The minimum absolute atomic E-state index is 0.0375. The highest BCUT2D eigenvalue weighted by atomic mass is 16.5. The molecule has 0 radical (unpaired) electrons. The van der Waals surface area contributed by atoms with Crippen LogP contribution in [0.15, 0.2) is 40.9 Å². The molecule has 0 unspecified atom stereocenters. The molecule has 0 spiro atoms. The van der Waals surface area contributed by atoms with Crippen molar-refractivity contribution < 1.29 is 14.1 Å². The highest BCUT2D eigenvalue weighted by Gasteiger charge is 2.35. The molecule has 3 rings (SSSR count). The van der Waals surface area contributed by atoms with Gasteiger partial charge in [0.05, 0.1) is 19.3 Å². The summed E-state index contributed by atoms with van der Waals surface area (Å²) in [6.45, 7) is 6.85. The summed E-state index contributed by atoms with van der Waals surface area (Å²) in [5, 5.41) is 6.58. The number of rotatable bonds is 4. The number of nitrogens with zero attached hydrogens (tertiary/aromatic N) is 2. The average Bonchev–Trinajstić information content (AvgIpc) is 2.97. The average molecular weight is 329 g/mol. The molecule has 3 atom stereocenters. The number of aromatic nitrogens is 1. The van der Waals surface area contributed by atoms with E-state index in [9.17, 15) is 4.79 Å². The third kappa shape index (κ3) is 3.66. The van der Waals surface area contributed by atoms with Gasteiger partial charge in [-0.3, -0.25) is 9.69 Å². The second-order valence-electron chi connectivity index (χ2n) is 6.30. The van der Waals surface area contributed by atoms with Crippen LogP contribution in [0.3, 0.4) is 0 Å². The molecule has 1 aliphatic heterocycles. The molecule has 6 heteroatoms. The molecule has 1 aromatic carbocycles. The summed E-state index contributed by atoms with van der Waals surface area (Å²) in [7, 11) is 0. The molecule has 0 aliphatic carbocycles. The Morgan fingerprint density at radius 2 is 2.08 bits per heavy atom. The van der Waals surface area contributed by atoms with Crippen LogP contribution in [0.2, 0.25) is 0 Å². The SMILES string of the molecule is Cc1cc(NC(=O)CN2[C@H](C)CO[C@H](c3ccccc3)[C@@H]2C)no1. The molecule has 1 saturated heterocycles. The number of morpholine rings is 1. The second-order valence-corrected chi connectivity index (χ2v) is 6.30.